The van der Waals surface area contributed by atoms with E-state index in [2.05, 4.69) is 0 Å². The van der Waals surface area contributed by atoms with Crippen LogP contribution in [0.4, 0.5) is 13.2 Å². The Kier molecular flexibility index (Phi) is 3.05. The number of rotatable bonds is 2. The molecule has 0 fully saturated rings. The molecule has 0 heterocycles. The summed E-state index contributed by atoms with van der Waals surface area (Å²) in [6.07, 6.45) is 0. The molecule has 0 unspecified atom stereocenters. The molecule has 84 valence electrons. The Labute approximate surface area is 84.1 Å². The van der Waals surface area contributed by atoms with Gasteiger partial charge in [0, 0.05) is 0 Å². The van der Waals surface area contributed by atoms with Crippen molar-refractivity contribution in [3.05, 3.63) is 29.8 Å². The number of benzene rings is 1. The molecule has 1 aromatic rings. The zero-order chi connectivity index (χ0) is 11.7. The molecule has 0 aliphatic carbocycles. The summed E-state index contributed by atoms with van der Waals surface area (Å²) in [5.41, 5.74) is -5.21. The van der Waals surface area contributed by atoms with E-state index >= 15 is 0 Å². The monoisotopic (exact) mass is 240 g/mol. The van der Waals surface area contributed by atoms with Gasteiger partial charge in [-0.1, -0.05) is 12.1 Å². The van der Waals surface area contributed by atoms with Crippen molar-refractivity contribution in [1.29, 1.82) is 0 Å². The zero-order valence-electron chi connectivity index (χ0n) is 7.32. The molecular formula is C8H7F3O3S. The average molecular weight is 240 g/mol. The van der Waals surface area contributed by atoms with E-state index in [1.165, 1.54) is 6.07 Å². The first kappa shape index (κ1) is 12.0. The summed E-state index contributed by atoms with van der Waals surface area (Å²) in [5.74, 6) is 0. The minimum absolute atomic E-state index is 0.111. The van der Waals surface area contributed by atoms with Crippen LogP contribution in [-0.4, -0.2) is 19.0 Å². The number of halogens is 3. The van der Waals surface area contributed by atoms with Gasteiger partial charge in [-0.2, -0.15) is 13.2 Å². The number of alkyl halides is 3. The lowest BCUT2D eigenvalue weighted by atomic mass is 10.2. The molecule has 7 heteroatoms. The highest BCUT2D eigenvalue weighted by molar-refractivity contribution is 7.92. The molecule has 0 saturated carbocycles. The molecule has 0 aliphatic heterocycles. The molecule has 1 N–H and O–H groups in total. The molecule has 0 spiro atoms. The Hall–Kier alpha value is -1.08. The predicted molar refractivity (Wildman–Crippen MR) is 45.6 cm³/mol. The molecular weight excluding hydrogens is 233 g/mol. The lowest BCUT2D eigenvalue weighted by molar-refractivity contribution is -0.0436. The van der Waals surface area contributed by atoms with Gasteiger partial charge in [0.1, 0.15) is 0 Å². The Morgan fingerprint density at radius 3 is 2.33 bits per heavy atom. The Bertz CT molecular complexity index is 450. The lowest BCUT2D eigenvalue weighted by Crippen LogP contribution is -2.23. The third-order valence-electron chi connectivity index (χ3n) is 1.70. The van der Waals surface area contributed by atoms with Crippen molar-refractivity contribution < 1.29 is 26.7 Å². The van der Waals surface area contributed by atoms with E-state index in [9.17, 15) is 21.6 Å². The van der Waals surface area contributed by atoms with Gasteiger partial charge >= 0.3 is 5.51 Å². The first-order valence-corrected chi connectivity index (χ1v) is 5.28. The van der Waals surface area contributed by atoms with Gasteiger partial charge < -0.3 is 5.11 Å². The third-order valence-corrected chi connectivity index (χ3v) is 3.18. The van der Waals surface area contributed by atoms with E-state index in [-0.39, 0.29) is 5.56 Å². The molecule has 0 saturated heterocycles. The van der Waals surface area contributed by atoms with Crippen LogP contribution < -0.4 is 0 Å². The standard InChI is InChI=1S/C8H7F3O3S/c9-8(10,11)15(13,14)7-3-1-2-6(4-7)5-12/h1-4,12H,5H2. The summed E-state index contributed by atoms with van der Waals surface area (Å²) >= 11 is 0. The minimum atomic E-state index is -5.32. The number of sulfone groups is 1. The van der Waals surface area contributed by atoms with Crippen molar-refractivity contribution in [3.63, 3.8) is 0 Å². The van der Waals surface area contributed by atoms with Crippen molar-refractivity contribution in [2.75, 3.05) is 0 Å². The van der Waals surface area contributed by atoms with E-state index in [1.807, 2.05) is 0 Å². The fourth-order valence-corrected chi connectivity index (χ4v) is 1.78. The Morgan fingerprint density at radius 2 is 1.87 bits per heavy atom. The number of hydrogen-bond acceptors (Lipinski definition) is 3. The average Bonchev–Trinajstić information content (AvgIpc) is 2.16. The smallest absolute Gasteiger partial charge is 0.392 e. The topological polar surface area (TPSA) is 54.4 Å². The summed E-state index contributed by atoms with van der Waals surface area (Å²) in [6.45, 7) is -0.513. The van der Waals surface area contributed by atoms with Crippen molar-refractivity contribution in [2.24, 2.45) is 0 Å². The first-order valence-electron chi connectivity index (χ1n) is 3.80. The molecule has 0 radical (unpaired) electrons. The quantitative estimate of drug-likeness (QED) is 0.851. The summed E-state index contributed by atoms with van der Waals surface area (Å²) in [7, 11) is -5.32. The largest absolute Gasteiger partial charge is 0.501 e. The molecule has 15 heavy (non-hydrogen) atoms. The van der Waals surface area contributed by atoms with E-state index < -0.39 is 26.8 Å². The maximum Gasteiger partial charge on any atom is 0.501 e. The lowest BCUT2D eigenvalue weighted by Gasteiger charge is -2.08. The molecule has 1 rings (SSSR count). The predicted octanol–water partition coefficient (Wildman–Crippen LogP) is 1.47. The van der Waals surface area contributed by atoms with E-state index in [1.54, 1.807) is 0 Å². The van der Waals surface area contributed by atoms with Crippen LogP contribution in [0.5, 0.6) is 0 Å². The molecule has 0 amide bonds. The second-order valence-corrected chi connectivity index (χ2v) is 4.70. The van der Waals surface area contributed by atoms with Crippen molar-refractivity contribution >= 4 is 9.84 Å². The molecule has 0 bridgehead atoms. The van der Waals surface area contributed by atoms with Crippen LogP contribution in [0.25, 0.3) is 0 Å². The third kappa shape index (κ3) is 2.29. The van der Waals surface area contributed by atoms with Crippen LogP contribution >= 0.6 is 0 Å². The number of aliphatic hydroxyl groups is 1. The maximum absolute atomic E-state index is 12.1. The van der Waals surface area contributed by atoms with Gasteiger partial charge in [0.25, 0.3) is 9.84 Å². The zero-order valence-corrected chi connectivity index (χ0v) is 8.14. The number of aliphatic hydroxyl groups excluding tert-OH is 1. The van der Waals surface area contributed by atoms with Crippen LogP contribution in [0, 0.1) is 0 Å². The van der Waals surface area contributed by atoms with Gasteiger partial charge in [0.2, 0.25) is 0 Å². The van der Waals surface area contributed by atoms with Crippen LogP contribution in [0.3, 0.4) is 0 Å². The van der Waals surface area contributed by atoms with Crippen LogP contribution in [-0.2, 0) is 16.4 Å². The van der Waals surface area contributed by atoms with Crippen molar-refractivity contribution in [1.82, 2.24) is 0 Å². The van der Waals surface area contributed by atoms with E-state index in [0.29, 0.717) is 0 Å². The summed E-state index contributed by atoms with van der Waals surface area (Å²) in [6, 6.07) is 4.10. The molecule has 0 aliphatic rings. The van der Waals surface area contributed by atoms with Crippen LogP contribution in [0.2, 0.25) is 0 Å². The molecule has 0 atom stereocenters. The molecule has 0 aromatic heterocycles. The van der Waals surface area contributed by atoms with E-state index in [4.69, 9.17) is 5.11 Å². The molecule has 1 aromatic carbocycles. The first-order chi connectivity index (χ1) is 6.79. The maximum atomic E-state index is 12.1. The fourth-order valence-electron chi connectivity index (χ4n) is 0.945. The summed E-state index contributed by atoms with van der Waals surface area (Å²) < 4.78 is 58.1. The van der Waals surface area contributed by atoms with Gasteiger partial charge in [-0.05, 0) is 17.7 Å². The summed E-state index contributed by atoms with van der Waals surface area (Å²) in [4.78, 5) is -0.860. The van der Waals surface area contributed by atoms with Gasteiger partial charge in [-0.15, -0.1) is 0 Å². The number of hydrogen-bond donors (Lipinski definition) is 1. The SMILES string of the molecule is O=S(=O)(c1cccc(CO)c1)C(F)(F)F. The van der Waals surface area contributed by atoms with Crippen LogP contribution in [0.1, 0.15) is 5.56 Å². The van der Waals surface area contributed by atoms with Crippen LogP contribution in [0.15, 0.2) is 29.2 Å². The highest BCUT2D eigenvalue weighted by Gasteiger charge is 2.46. The highest BCUT2D eigenvalue weighted by Crippen LogP contribution is 2.30. The minimum Gasteiger partial charge on any atom is -0.392 e. The highest BCUT2D eigenvalue weighted by atomic mass is 32.2. The fraction of sp³-hybridized carbons (Fsp3) is 0.250. The summed E-state index contributed by atoms with van der Waals surface area (Å²) in [5, 5.41) is 8.65. The van der Waals surface area contributed by atoms with Gasteiger partial charge in [-0.25, -0.2) is 8.42 Å². The Morgan fingerprint density at radius 1 is 1.27 bits per heavy atom. The second-order valence-electron chi connectivity index (χ2n) is 2.75. The van der Waals surface area contributed by atoms with Crippen molar-refractivity contribution in [2.45, 2.75) is 17.0 Å². The molecule has 3 nitrogen and oxygen atoms in total. The van der Waals surface area contributed by atoms with E-state index in [0.717, 1.165) is 18.2 Å². The van der Waals surface area contributed by atoms with Gasteiger partial charge in [-0.3, -0.25) is 0 Å². The second kappa shape index (κ2) is 3.82. The normalized spacial score (nSPS) is 12.8. The van der Waals surface area contributed by atoms with Gasteiger partial charge in [0.05, 0.1) is 11.5 Å². The Balaban J connectivity index is 3.29. The van der Waals surface area contributed by atoms with Crippen molar-refractivity contribution in [3.8, 4) is 0 Å². The van der Waals surface area contributed by atoms with Gasteiger partial charge in [0.15, 0.2) is 0 Å².